The number of carboxylic acid groups (broad SMARTS) is 1. The van der Waals surface area contributed by atoms with E-state index >= 15 is 0 Å². The Morgan fingerprint density at radius 2 is 2.33 bits per heavy atom. The van der Waals surface area contributed by atoms with E-state index in [0.29, 0.717) is 23.6 Å². The van der Waals surface area contributed by atoms with E-state index in [-0.39, 0.29) is 24.6 Å². The summed E-state index contributed by atoms with van der Waals surface area (Å²) in [6, 6.07) is 5.20. The molecule has 1 amide bonds. The molecule has 0 aliphatic carbocycles. The third kappa shape index (κ3) is 4.71. The molecule has 0 fully saturated rings. The largest absolute Gasteiger partial charge is 0.489 e. The summed E-state index contributed by atoms with van der Waals surface area (Å²) in [5.41, 5.74) is 1.54. The Labute approximate surface area is 139 Å². The lowest BCUT2D eigenvalue weighted by Crippen LogP contribution is -2.25. The van der Waals surface area contributed by atoms with Crippen LogP contribution in [0, 0.1) is 0 Å². The number of rotatable bonds is 8. The van der Waals surface area contributed by atoms with Gasteiger partial charge in [0.2, 0.25) is 0 Å². The summed E-state index contributed by atoms with van der Waals surface area (Å²) in [6.45, 7) is 3.99. The van der Waals surface area contributed by atoms with Gasteiger partial charge in [0.25, 0.3) is 0 Å². The van der Waals surface area contributed by atoms with Crippen molar-refractivity contribution < 1.29 is 23.4 Å². The number of oxazole rings is 1. The first-order valence-corrected chi connectivity index (χ1v) is 7.81. The van der Waals surface area contributed by atoms with Crippen LogP contribution in [0.15, 0.2) is 34.5 Å². The molecule has 0 aliphatic rings. The Hall–Kier alpha value is -2.57. The van der Waals surface area contributed by atoms with Crippen molar-refractivity contribution in [2.45, 2.75) is 32.6 Å². The summed E-state index contributed by atoms with van der Waals surface area (Å²) in [5.74, 6) is 1.44. The first-order valence-electron chi connectivity index (χ1n) is 7.81. The van der Waals surface area contributed by atoms with Gasteiger partial charge in [0, 0.05) is 24.1 Å². The molecule has 7 heteroatoms. The van der Waals surface area contributed by atoms with Crippen LogP contribution in [-0.4, -0.2) is 29.3 Å². The molecule has 2 rings (SSSR count). The molecule has 0 saturated heterocycles. The SMILES string of the molecule is CCCC(C)c1nc2ccc(OC/C(=C/F)CNC(=O)O)cc2o1. The molecule has 1 aromatic heterocycles. The number of carbonyl (C=O) groups is 1. The van der Waals surface area contributed by atoms with Crippen LogP contribution in [0.3, 0.4) is 0 Å². The van der Waals surface area contributed by atoms with Crippen LogP contribution in [0.5, 0.6) is 5.75 Å². The number of aromatic nitrogens is 1. The van der Waals surface area contributed by atoms with Crippen LogP contribution < -0.4 is 10.1 Å². The van der Waals surface area contributed by atoms with E-state index in [2.05, 4.69) is 24.1 Å². The fraction of sp³-hybridized carbons (Fsp3) is 0.412. The molecular formula is C17H21FN2O4. The zero-order chi connectivity index (χ0) is 17.5. The molecular weight excluding hydrogens is 315 g/mol. The molecule has 6 nitrogen and oxygen atoms in total. The van der Waals surface area contributed by atoms with Crippen molar-refractivity contribution >= 4 is 17.2 Å². The average molecular weight is 336 g/mol. The summed E-state index contributed by atoms with van der Waals surface area (Å²) in [4.78, 5) is 14.9. The summed E-state index contributed by atoms with van der Waals surface area (Å²) in [6.07, 6.45) is 1.17. The lowest BCUT2D eigenvalue weighted by molar-refractivity contribution is 0.195. The highest BCUT2D eigenvalue weighted by atomic mass is 19.1. The number of hydrogen-bond acceptors (Lipinski definition) is 4. The predicted molar refractivity (Wildman–Crippen MR) is 88.0 cm³/mol. The maximum Gasteiger partial charge on any atom is 0.404 e. The topological polar surface area (TPSA) is 84.6 Å². The zero-order valence-electron chi connectivity index (χ0n) is 13.7. The Kier molecular flexibility index (Phi) is 6.17. The minimum absolute atomic E-state index is 0.0600. The van der Waals surface area contributed by atoms with Crippen molar-refractivity contribution in [1.82, 2.24) is 10.3 Å². The van der Waals surface area contributed by atoms with E-state index in [1.807, 2.05) is 0 Å². The monoisotopic (exact) mass is 336 g/mol. The molecule has 0 bridgehead atoms. The number of amides is 1. The molecule has 1 atom stereocenters. The maximum absolute atomic E-state index is 12.7. The maximum atomic E-state index is 12.7. The molecule has 0 saturated carbocycles. The average Bonchev–Trinajstić information content (AvgIpc) is 2.98. The number of benzene rings is 1. The van der Waals surface area contributed by atoms with E-state index in [4.69, 9.17) is 14.3 Å². The number of ether oxygens (including phenoxy) is 1. The van der Waals surface area contributed by atoms with Gasteiger partial charge in [0.1, 0.15) is 17.9 Å². The summed E-state index contributed by atoms with van der Waals surface area (Å²) < 4.78 is 24.0. The van der Waals surface area contributed by atoms with Gasteiger partial charge in [-0.15, -0.1) is 0 Å². The third-order valence-electron chi connectivity index (χ3n) is 3.56. The third-order valence-corrected chi connectivity index (χ3v) is 3.56. The van der Waals surface area contributed by atoms with Gasteiger partial charge in [-0.05, 0) is 18.6 Å². The molecule has 1 heterocycles. The highest BCUT2D eigenvalue weighted by molar-refractivity contribution is 5.74. The van der Waals surface area contributed by atoms with Crippen LogP contribution in [0.4, 0.5) is 9.18 Å². The fourth-order valence-electron chi connectivity index (χ4n) is 2.27. The van der Waals surface area contributed by atoms with Gasteiger partial charge >= 0.3 is 6.09 Å². The molecule has 0 radical (unpaired) electrons. The first-order chi connectivity index (χ1) is 11.5. The van der Waals surface area contributed by atoms with Gasteiger partial charge < -0.3 is 19.6 Å². The van der Waals surface area contributed by atoms with Crippen molar-refractivity contribution in [3.05, 3.63) is 36.0 Å². The number of fused-ring (bicyclic) bond motifs is 1. The summed E-state index contributed by atoms with van der Waals surface area (Å²) in [7, 11) is 0. The quantitative estimate of drug-likeness (QED) is 0.753. The standard InChI is InChI=1S/C17H21FN2O4/c1-3-4-11(2)16-20-14-6-5-13(7-15(14)24-16)23-10-12(8-18)9-19-17(21)22/h5-8,11,19H,3-4,9-10H2,1-2H3,(H,21,22)/b12-8+. The molecule has 24 heavy (non-hydrogen) atoms. The van der Waals surface area contributed by atoms with Gasteiger partial charge in [-0.3, -0.25) is 0 Å². The summed E-state index contributed by atoms with van der Waals surface area (Å²) >= 11 is 0. The lowest BCUT2D eigenvalue weighted by atomic mass is 10.1. The Morgan fingerprint density at radius 3 is 3.00 bits per heavy atom. The van der Waals surface area contributed by atoms with Gasteiger partial charge in [0.15, 0.2) is 11.5 Å². The van der Waals surface area contributed by atoms with E-state index in [9.17, 15) is 9.18 Å². The van der Waals surface area contributed by atoms with Crippen molar-refractivity contribution in [3.8, 4) is 5.75 Å². The van der Waals surface area contributed by atoms with E-state index in [1.165, 1.54) is 0 Å². The van der Waals surface area contributed by atoms with Gasteiger partial charge in [-0.25, -0.2) is 14.2 Å². The van der Waals surface area contributed by atoms with E-state index in [0.717, 1.165) is 18.4 Å². The van der Waals surface area contributed by atoms with Crippen LogP contribution >= 0.6 is 0 Å². The normalized spacial score (nSPS) is 13.0. The molecule has 2 N–H and O–H groups in total. The Bertz CT molecular complexity index is 726. The highest BCUT2D eigenvalue weighted by Crippen LogP contribution is 2.27. The second-order valence-corrected chi connectivity index (χ2v) is 5.59. The van der Waals surface area contributed by atoms with Crippen molar-refractivity contribution in [3.63, 3.8) is 0 Å². The highest BCUT2D eigenvalue weighted by Gasteiger charge is 2.13. The van der Waals surface area contributed by atoms with Crippen LogP contribution in [0.25, 0.3) is 11.1 Å². The van der Waals surface area contributed by atoms with Crippen molar-refractivity contribution in [2.24, 2.45) is 0 Å². The first kappa shape index (κ1) is 17.8. The second kappa shape index (κ2) is 8.33. The smallest absolute Gasteiger partial charge is 0.404 e. The minimum atomic E-state index is -1.22. The predicted octanol–water partition coefficient (Wildman–Crippen LogP) is 4.23. The number of nitrogens with zero attached hydrogens (tertiary/aromatic N) is 1. The number of nitrogens with one attached hydrogen (secondary N) is 1. The van der Waals surface area contributed by atoms with Gasteiger partial charge in [-0.2, -0.15) is 0 Å². The molecule has 0 aliphatic heterocycles. The van der Waals surface area contributed by atoms with Crippen molar-refractivity contribution in [2.75, 3.05) is 13.2 Å². The molecule has 2 aromatic rings. The lowest BCUT2D eigenvalue weighted by Gasteiger charge is -2.08. The van der Waals surface area contributed by atoms with Crippen molar-refractivity contribution in [1.29, 1.82) is 0 Å². The van der Waals surface area contributed by atoms with Crippen LogP contribution in [0.2, 0.25) is 0 Å². The molecule has 1 aromatic carbocycles. The minimum Gasteiger partial charge on any atom is -0.489 e. The van der Waals surface area contributed by atoms with Gasteiger partial charge in [0.05, 0.1) is 6.33 Å². The number of hydrogen-bond donors (Lipinski definition) is 2. The van der Waals surface area contributed by atoms with Crippen LogP contribution in [0.1, 0.15) is 38.5 Å². The second-order valence-electron chi connectivity index (χ2n) is 5.59. The number of halogens is 1. The summed E-state index contributed by atoms with van der Waals surface area (Å²) in [5, 5.41) is 10.6. The van der Waals surface area contributed by atoms with Gasteiger partial charge in [-0.1, -0.05) is 20.3 Å². The molecule has 130 valence electrons. The molecule has 1 unspecified atom stereocenters. The molecule has 0 spiro atoms. The Balaban J connectivity index is 2.03. The van der Waals surface area contributed by atoms with Crippen LogP contribution in [-0.2, 0) is 0 Å². The van der Waals surface area contributed by atoms with E-state index < -0.39 is 6.09 Å². The fourth-order valence-corrected chi connectivity index (χ4v) is 2.27. The zero-order valence-corrected chi connectivity index (χ0v) is 13.7. The Morgan fingerprint density at radius 1 is 1.54 bits per heavy atom. The van der Waals surface area contributed by atoms with E-state index in [1.54, 1.807) is 18.2 Å².